The molecule has 2 aromatic carbocycles. The van der Waals surface area contributed by atoms with Gasteiger partial charge in [0.25, 0.3) is 0 Å². The molecule has 25 heavy (non-hydrogen) atoms. The SMILES string of the molecule is Cl.O=C(CCOc1ccccc1-c1ccccc1)N1CCCNCC1. The summed E-state index contributed by atoms with van der Waals surface area (Å²) in [5.74, 6) is 1.00. The summed E-state index contributed by atoms with van der Waals surface area (Å²) in [5, 5.41) is 3.31. The van der Waals surface area contributed by atoms with Crippen LogP contribution in [0.15, 0.2) is 54.6 Å². The van der Waals surface area contributed by atoms with Gasteiger partial charge in [-0.05, 0) is 24.6 Å². The normalized spacial score (nSPS) is 14.3. The largest absolute Gasteiger partial charge is 0.492 e. The molecule has 134 valence electrons. The van der Waals surface area contributed by atoms with E-state index < -0.39 is 0 Å². The maximum absolute atomic E-state index is 12.3. The maximum Gasteiger partial charge on any atom is 0.226 e. The molecule has 3 rings (SSSR count). The molecule has 4 nitrogen and oxygen atoms in total. The van der Waals surface area contributed by atoms with Crippen molar-refractivity contribution in [3.63, 3.8) is 0 Å². The molecular weight excluding hydrogens is 336 g/mol. The Labute approximate surface area is 155 Å². The fraction of sp³-hybridized carbons (Fsp3) is 0.350. The van der Waals surface area contributed by atoms with Crippen molar-refractivity contribution in [2.75, 3.05) is 32.8 Å². The summed E-state index contributed by atoms with van der Waals surface area (Å²) in [5.41, 5.74) is 2.18. The Bertz CT molecular complexity index is 656. The molecule has 0 aliphatic carbocycles. The van der Waals surface area contributed by atoms with E-state index in [1.807, 2.05) is 47.4 Å². The molecule has 1 amide bonds. The molecule has 1 heterocycles. The predicted molar refractivity (Wildman–Crippen MR) is 103 cm³/mol. The lowest BCUT2D eigenvalue weighted by atomic mass is 10.1. The summed E-state index contributed by atoms with van der Waals surface area (Å²) < 4.78 is 5.92. The van der Waals surface area contributed by atoms with Crippen LogP contribution in [0.25, 0.3) is 11.1 Å². The maximum atomic E-state index is 12.3. The number of rotatable bonds is 5. The minimum atomic E-state index is 0. The van der Waals surface area contributed by atoms with E-state index in [1.165, 1.54) is 0 Å². The van der Waals surface area contributed by atoms with Crippen molar-refractivity contribution in [3.8, 4) is 16.9 Å². The first-order valence-electron chi connectivity index (χ1n) is 8.60. The average Bonchev–Trinajstić information content (AvgIpc) is 2.92. The number of nitrogens with one attached hydrogen (secondary N) is 1. The minimum Gasteiger partial charge on any atom is -0.492 e. The van der Waals surface area contributed by atoms with Gasteiger partial charge in [0, 0.05) is 25.2 Å². The fourth-order valence-corrected chi connectivity index (χ4v) is 2.95. The number of benzene rings is 2. The Morgan fingerprint density at radius 1 is 1.00 bits per heavy atom. The standard InChI is InChI=1S/C20H24N2O2.ClH/c23-20(22-14-6-12-21-13-15-22)11-16-24-19-10-5-4-9-18(19)17-7-2-1-3-8-17;/h1-5,7-10,21H,6,11-16H2;1H. The highest BCUT2D eigenvalue weighted by atomic mass is 35.5. The molecule has 0 saturated carbocycles. The number of ether oxygens (including phenoxy) is 1. The number of amides is 1. The van der Waals surface area contributed by atoms with E-state index in [4.69, 9.17) is 4.74 Å². The summed E-state index contributed by atoms with van der Waals surface area (Å²) in [7, 11) is 0. The summed E-state index contributed by atoms with van der Waals surface area (Å²) in [6.45, 7) is 3.91. The monoisotopic (exact) mass is 360 g/mol. The van der Waals surface area contributed by atoms with Gasteiger partial charge in [-0.1, -0.05) is 48.5 Å². The van der Waals surface area contributed by atoms with Crippen LogP contribution in [0.5, 0.6) is 5.75 Å². The molecule has 1 fully saturated rings. The second kappa shape index (κ2) is 10.1. The van der Waals surface area contributed by atoms with Crippen LogP contribution in [0.2, 0.25) is 0 Å². The zero-order valence-corrected chi connectivity index (χ0v) is 15.1. The van der Waals surface area contributed by atoms with Crippen molar-refractivity contribution < 1.29 is 9.53 Å². The molecule has 1 saturated heterocycles. The lowest BCUT2D eigenvalue weighted by Crippen LogP contribution is -2.34. The van der Waals surface area contributed by atoms with Gasteiger partial charge in [0.05, 0.1) is 13.0 Å². The Balaban J connectivity index is 0.00000225. The van der Waals surface area contributed by atoms with Crippen LogP contribution in [-0.2, 0) is 4.79 Å². The highest BCUT2D eigenvalue weighted by Crippen LogP contribution is 2.29. The molecular formula is C20H25ClN2O2. The predicted octanol–water partition coefficient (Wildman–Crippen LogP) is 3.37. The van der Waals surface area contributed by atoms with Crippen LogP contribution in [0.4, 0.5) is 0 Å². The van der Waals surface area contributed by atoms with Gasteiger partial charge in [0.1, 0.15) is 5.75 Å². The molecule has 5 heteroatoms. The topological polar surface area (TPSA) is 41.6 Å². The van der Waals surface area contributed by atoms with Crippen LogP contribution in [0, 0.1) is 0 Å². The number of halogens is 1. The summed E-state index contributed by atoms with van der Waals surface area (Å²) >= 11 is 0. The highest BCUT2D eigenvalue weighted by molar-refractivity contribution is 5.85. The molecule has 0 aromatic heterocycles. The van der Waals surface area contributed by atoms with E-state index >= 15 is 0 Å². The van der Waals surface area contributed by atoms with Crippen LogP contribution in [0.1, 0.15) is 12.8 Å². The molecule has 0 radical (unpaired) electrons. The first-order valence-corrected chi connectivity index (χ1v) is 8.60. The van der Waals surface area contributed by atoms with E-state index in [0.29, 0.717) is 13.0 Å². The lowest BCUT2D eigenvalue weighted by molar-refractivity contribution is -0.131. The molecule has 1 aliphatic heterocycles. The van der Waals surface area contributed by atoms with Crippen LogP contribution >= 0.6 is 12.4 Å². The Hall–Kier alpha value is -2.04. The van der Waals surface area contributed by atoms with Crippen molar-refractivity contribution >= 4 is 18.3 Å². The molecule has 2 aromatic rings. The first kappa shape index (κ1) is 19.3. The van der Waals surface area contributed by atoms with Crippen LogP contribution < -0.4 is 10.1 Å². The van der Waals surface area contributed by atoms with E-state index in [0.717, 1.165) is 49.5 Å². The van der Waals surface area contributed by atoms with Crippen molar-refractivity contribution in [1.82, 2.24) is 10.2 Å². The van der Waals surface area contributed by atoms with E-state index in [-0.39, 0.29) is 18.3 Å². The molecule has 0 spiro atoms. The van der Waals surface area contributed by atoms with Gasteiger partial charge in [-0.3, -0.25) is 4.79 Å². The number of hydrogen-bond donors (Lipinski definition) is 1. The van der Waals surface area contributed by atoms with Gasteiger partial charge in [-0.15, -0.1) is 12.4 Å². The molecule has 1 N–H and O–H groups in total. The number of hydrogen-bond acceptors (Lipinski definition) is 3. The Kier molecular flexibility index (Phi) is 7.76. The number of nitrogens with zero attached hydrogens (tertiary/aromatic N) is 1. The second-order valence-corrected chi connectivity index (χ2v) is 5.94. The number of carbonyl (C=O) groups is 1. The van der Waals surface area contributed by atoms with Gasteiger partial charge >= 0.3 is 0 Å². The van der Waals surface area contributed by atoms with E-state index in [1.54, 1.807) is 0 Å². The van der Waals surface area contributed by atoms with Gasteiger partial charge in [-0.25, -0.2) is 0 Å². The van der Waals surface area contributed by atoms with Crippen molar-refractivity contribution in [3.05, 3.63) is 54.6 Å². The molecule has 0 unspecified atom stereocenters. The van der Waals surface area contributed by atoms with E-state index in [2.05, 4.69) is 17.4 Å². The summed E-state index contributed by atoms with van der Waals surface area (Å²) in [6, 6.07) is 18.1. The van der Waals surface area contributed by atoms with E-state index in [9.17, 15) is 4.79 Å². The smallest absolute Gasteiger partial charge is 0.226 e. The third-order valence-corrected chi connectivity index (χ3v) is 4.24. The van der Waals surface area contributed by atoms with Crippen LogP contribution in [0.3, 0.4) is 0 Å². The lowest BCUT2D eigenvalue weighted by Gasteiger charge is -2.20. The number of para-hydroxylation sites is 1. The van der Waals surface area contributed by atoms with Crippen molar-refractivity contribution in [2.45, 2.75) is 12.8 Å². The zero-order valence-electron chi connectivity index (χ0n) is 14.3. The van der Waals surface area contributed by atoms with Gasteiger partial charge in [0.15, 0.2) is 0 Å². The highest BCUT2D eigenvalue weighted by Gasteiger charge is 2.15. The third-order valence-electron chi connectivity index (χ3n) is 4.24. The molecule has 0 bridgehead atoms. The number of carbonyl (C=O) groups excluding carboxylic acids is 1. The van der Waals surface area contributed by atoms with Crippen molar-refractivity contribution in [1.29, 1.82) is 0 Å². The minimum absolute atomic E-state index is 0. The average molecular weight is 361 g/mol. The first-order chi connectivity index (χ1) is 11.8. The molecule has 1 aliphatic rings. The quantitative estimate of drug-likeness (QED) is 0.888. The van der Waals surface area contributed by atoms with Gasteiger partial charge in [0.2, 0.25) is 5.91 Å². The van der Waals surface area contributed by atoms with Crippen LogP contribution in [-0.4, -0.2) is 43.6 Å². The Morgan fingerprint density at radius 2 is 1.76 bits per heavy atom. The Morgan fingerprint density at radius 3 is 2.60 bits per heavy atom. The third kappa shape index (κ3) is 5.48. The summed E-state index contributed by atoms with van der Waals surface area (Å²) in [4.78, 5) is 14.3. The van der Waals surface area contributed by atoms with Gasteiger partial charge < -0.3 is 15.0 Å². The van der Waals surface area contributed by atoms with Crippen molar-refractivity contribution in [2.24, 2.45) is 0 Å². The zero-order chi connectivity index (χ0) is 16.6. The van der Waals surface area contributed by atoms with Gasteiger partial charge in [-0.2, -0.15) is 0 Å². The fourth-order valence-electron chi connectivity index (χ4n) is 2.95. The molecule has 0 atom stereocenters. The summed E-state index contributed by atoms with van der Waals surface area (Å²) in [6.07, 6.45) is 1.44. The second-order valence-electron chi connectivity index (χ2n) is 5.94.